The van der Waals surface area contributed by atoms with Gasteiger partial charge in [-0.05, 0) is 18.2 Å². The van der Waals surface area contributed by atoms with E-state index in [0.29, 0.717) is 5.75 Å². The number of alkyl halides is 4. The first kappa shape index (κ1) is 18.1. The normalized spacial score (nSPS) is 21.9. The topological polar surface area (TPSA) is 74.8 Å². The van der Waals surface area contributed by atoms with Gasteiger partial charge in [-0.1, -0.05) is 29.8 Å². The molecule has 2 rings (SSSR count). The summed E-state index contributed by atoms with van der Waals surface area (Å²) in [6, 6.07) is 8.46. The summed E-state index contributed by atoms with van der Waals surface area (Å²) < 4.78 is 43.4. The van der Waals surface area contributed by atoms with Crippen LogP contribution in [-0.4, -0.2) is 36.3 Å². The molecule has 0 bridgehead atoms. The minimum absolute atomic E-state index is 0.113. The molecule has 0 radical (unpaired) electrons. The second kappa shape index (κ2) is 7.54. The summed E-state index contributed by atoms with van der Waals surface area (Å²) in [6.45, 7) is -0.273. The van der Waals surface area contributed by atoms with Gasteiger partial charge in [0.25, 0.3) is 0 Å². The van der Waals surface area contributed by atoms with Gasteiger partial charge >= 0.3 is 12.1 Å². The molecule has 0 saturated carbocycles. The van der Waals surface area contributed by atoms with Crippen molar-refractivity contribution in [2.24, 2.45) is 4.99 Å². The van der Waals surface area contributed by atoms with Crippen LogP contribution >= 0.6 is 11.6 Å². The number of nitrogens with one attached hydrogen (secondary N) is 3. The number of halogens is 4. The van der Waals surface area contributed by atoms with Crippen LogP contribution in [0.5, 0.6) is 5.75 Å². The molecule has 0 aromatic heterocycles. The summed E-state index contributed by atoms with van der Waals surface area (Å²) >= 11 is 5.46. The first-order valence-electron chi connectivity index (χ1n) is 6.79. The monoisotopic (exact) mass is 362 g/mol. The van der Waals surface area contributed by atoms with Gasteiger partial charge in [-0.25, -0.2) is 4.99 Å². The van der Waals surface area contributed by atoms with Gasteiger partial charge in [0, 0.05) is 6.20 Å². The van der Waals surface area contributed by atoms with E-state index in [1.807, 2.05) is 5.32 Å². The highest BCUT2D eigenvalue weighted by Gasteiger charge is 2.53. The molecule has 1 aromatic rings. The lowest BCUT2D eigenvalue weighted by atomic mass is 10.2. The van der Waals surface area contributed by atoms with Gasteiger partial charge in [-0.15, -0.1) is 0 Å². The number of ether oxygens (including phenoxy) is 1. The third kappa shape index (κ3) is 4.87. The van der Waals surface area contributed by atoms with Crippen molar-refractivity contribution in [1.29, 1.82) is 0 Å². The van der Waals surface area contributed by atoms with Crippen LogP contribution in [0.3, 0.4) is 0 Å². The standard InChI is InChI=1S/C14H14ClF3N4O2/c15-13(14(16,17)18)6-7-20-12(22-13)21-9-19-8-11(23)24-10-4-2-1-3-5-10/h1-7,19H,8-9H2,(H2,20,21,22). The highest BCUT2D eigenvalue weighted by molar-refractivity contribution is 6.27. The molecule has 6 nitrogen and oxygen atoms in total. The van der Waals surface area contributed by atoms with Crippen LogP contribution in [0.2, 0.25) is 0 Å². The average Bonchev–Trinajstić information content (AvgIpc) is 2.52. The molecule has 1 aliphatic heterocycles. The largest absolute Gasteiger partial charge is 0.429 e. The number of para-hydroxylation sites is 1. The lowest BCUT2D eigenvalue weighted by Gasteiger charge is -2.31. The molecule has 3 N–H and O–H groups in total. The number of carbonyl (C=O) groups is 1. The summed E-state index contributed by atoms with van der Waals surface area (Å²) in [5, 5.41) is 7.15. The SMILES string of the molecule is O=C(CNC/N=C1/NC=CC(Cl)(C(F)(F)F)N1)Oc1ccccc1. The van der Waals surface area contributed by atoms with Gasteiger partial charge in [-0.3, -0.25) is 10.1 Å². The Bertz CT molecular complexity index is 637. The van der Waals surface area contributed by atoms with E-state index < -0.39 is 17.1 Å². The van der Waals surface area contributed by atoms with Crippen LogP contribution in [0.15, 0.2) is 47.6 Å². The molecule has 130 valence electrons. The van der Waals surface area contributed by atoms with Crippen LogP contribution < -0.4 is 20.7 Å². The molecule has 0 saturated heterocycles. The summed E-state index contributed by atoms with van der Waals surface area (Å²) in [6.07, 6.45) is -2.92. The van der Waals surface area contributed by atoms with Crippen LogP contribution in [0.4, 0.5) is 13.2 Å². The molecule has 1 unspecified atom stereocenters. The van der Waals surface area contributed by atoms with Gasteiger partial charge in [0.2, 0.25) is 5.00 Å². The molecule has 1 heterocycles. The second-order valence-electron chi connectivity index (χ2n) is 4.69. The van der Waals surface area contributed by atoms with E-state index in [2.05, 4.69) is 15.6 Å². The maximum absolute atomic E-state index is 12.8. The Labute approximate surface area is 140 Å². The fourth-order valence-corrected chi connectivity index (χ4v) is 1.84. The van der Waals surface area contributed by atoms with Crippen molar-refractivity contribution in [2.75, 3.05) is 13.2 Å². The van der Waals surface area contributed by atoms with Crippen molar-refractivity contribution in [1.82, 2.24) is 16.0 Å². The fraction of sp³-hybridized carbons (Fsp3) is 0.286. The quantitative estimate of drug-likeness (QED) is 0.244. The molecular weight excluding hydrogens is 349 g/mol. The molecule has 0 amide bonds. The Balaban J connectivity index is 1.78. The number of hydrogen-bond acceptors (Lipinski definition) is 4. The summed E-state index contributed by atoms with van der Waals surface area (Å²) in [4.78, 5) is 12.6. The van der Waals surface area contributed by atoms with E-state index in [-0.39, 0.29) is 19.2 Å². The second-order valence-corrected chi connectivity index (χ2v) is 5.29. The Morgan fingerprint density at radius 1 is 1.33 bits per heavy atom. The number of hydrogen-bond donors (Lipinski definition) is 3. The molecule has 0 aliphatic carbocycles. The first-order chi connectivity index (χ1) is 11.3. The van der Waals surface area contributed by atoms with Gasteiger partial charge in [0.15, 0.2) is 5.96 Å². The number of carbonyl (C=O) groups excluding carboxylic acids is 1. The molecule has 10 heteroatoms. The number of benzene rings is 1. The molecule has 1 aliphatic rings. The van der Waals surface area contributed by atoms with E-state index >= 15 is 0 Å². The number of esters is 1. The minimum atomic E-state index is -4.69. The molecule has 0 spiro atoms. The summed E-state index contributed by atoms with van der Waals surface area (Å²) in [5.41, 5.74) is 0. The van der Waals surface area contributed by atoms with Crippen molar-refractivity contribution < 1.29 is 22.7 Å². The lowest BCUT2D eigenvalue weighted by molar-refractivity contribution is -0.154. The van der Waals surface area contributed by atoms with Gasteiger partial charge in [0.05, 0.1) is 13.2 Å². The zero-order valence-electron chi connectivity index (χ0n) is 12.2. The third-order valence-corrected chi connectivity index (χ3v) is 3.27. The van der Waals surface area contributed by atoms with E-state index in [4.69, 9.17) is 16.3 Å². The molecule has 0 fully saturated rings. The van der Waals surface area contributed by atoms with Gasteiger partial charge < -0.3 is 15.4 Å². The Hall–Kier alpha value is -2.26. The first-order valence-corrected chi connectivity index (χ1v) is 7.17. The fourth-order valence-electron chi connectivity index (χ4n) is 1.69. The van der Waals surface area contributed by atoms with E-state index in [1.54, 1.807) is 30.3 Å². The molecule has 24 heavy (non-hydrogen) atoms. The van der Waals surface area contributed by atoms with Crippen LogP contribution in [0.25, 0.3) is 0 Å². The van der Waals surface area contributed by atoms with Gasteiger partial charge in [0.1, 0.15) is 5.75 Å². The molecule has 1 aromatic carbocycles. The smallest absolute Gasteiger partial charge is 0.426 e. The highest BCUT2D eigenvalue weighted by atomic mass is 35.5. The number of guanidine groups is 1. The van der Waals surface area contributed by atoms with Crippen molar-refractivity contribution >= 4 is 23.5 Å². The summed E-state index contributed by atoms with van der Waals surface area (Å²) in [7, 11) is 0. The zero-order valence-corrected chi connectivity index (χ0v) is 13.0. The summed E-state index contributed by atoms with van der Waals surface area (Å²) in [5.74, 6) is -0.324. The Morgan fingerprint density at radius 3 is 2.71 bits per heavy atom. The number of rotatable bonds is 5. The van der Waals surface area contributed by atoms with E-state index in [0.717, 1.165) is 12.3 Å². The third-order valence-electron chi connectivity index (χ3n) is 2.84. The van der Waals surface area contributed by atoms with E-state index in [1.165, 1.54) is 0 Å². The maximum atomic E-state index is 12.8. The van der Waals surface area contributed by atoms with Crippen molar-refractivity contribution in [2.45, 2.75) is 11.2 Å². The van der Waals surface area contributed by atoms with Gasteiger partial charge in [-0.2, -0.15) is 13.2 Å². The van der Waals surface area contributed by atoms with Crippen molar-refractivity contribution in [3.05, 3.63) is 42.6 Å². The lowest BCUT2D eigenvalue weighted by Crippen LogP contribution is -2.58. The van der Waals surface area contributed by atoms with Crippen LogP contribution in [0.1, 0.15) is 0 Å². The minimum Gasteiger partial charge on any atom is -0.426 e. The Morgan fingerprint density at radius 2 is 2.04 bits per heavy atom. The average molecular weight is 363 g/mol. The number of nitrogens with zero attached hydrogens (tertiary/aromatic N) is 1. The zero-order chi connectivity index (χ0) is 17.6. The maximum Gasteiger partial charge on any atom is 0.429 e. The molecular formula is C14H14ClF3N4O2. The van der Waals surface area contributed by atoms with E-state index in [9.17, 15) is 18.0 Å². The van der Waals surface area contributed by atoms with Crippen LogP contribution in [0, 0.1) is 0 Å². The highest BCUT2D eigenvalue weighted by Crippen LogP contribution is 2.35. The van der Waals surface area contributed by atoms with Crippen molar-refractivity contribution in [3.63, 3.8) is 0 Å². The van der Waals surface area contributed by atoms with Crippen LogP contribution in [-0.2, 0) is 4.79 Å². The predicted molar refractivity (Wildman–Crippen MR) is 82.4 cm³/mol. The van der Waals surface area contributed by atoms with Crippen molar-refractivity contribution in [3.8, 4) is 5.75 Å². The predicted octanol–water partition coefficient (Wildman–Crippen LogP) is 1.70. The molecule has 1 atom stereocenters. The number of aliphatic imine (C=N–C) groups is 1. The Kier molecular flexibility index (Phi) is 5.68.